The summed E-state index contributed by atoms with van der Waals surface area (Å²) in [7, 11) is 0. The summed E-state index contributed by atoms with van der Waals surface area (Å²) in [5, 5.41) is 2.88. The van der Waals surface area contributed by atoms with Crippen LogP contribution < -0.4 is 11.1 Å². The van der Waals surface area contributed by atoms with Crippen LogP contribution in [0.15, 0.2) is 24.3 Å². The molecule has 2 rings (SSSR count). The number of likely N-dealkylation sites (tertiary alicyclic amines) is 1. The third-order valence-electron chi connectivity index (χ3n) is 3.58. The number of anilines is 1. The Hall–Kier alpha value is -2.04. The molecule has 1 aromatic carbocycles. The SMILES string of the molecule is CC(=O)NC1CCCN(C(=O)Cc2ccccc2N)C1. The molecule has 1 aliphatic heterocycles. The molecule has 5 nitrogen and oxygen atoms in total. The van der Waals surface area contributed by atoms with Crippen molar-refractivity contribution in [1.82, 2.24) is 10.2 Å². The lowest BCUT2D eigenvalue weighted by molar-refractivity contribution is -0.132. The first-order valence-electron chi connectivity index (χ1n) is 6.94. The van der Waals surface area contributed by atoms with Gasteiger partial charge in [-0.15, -0.1) is 0 Å². The molecule has 5 heteroatoms. The van der Waals surface area contributed by atoms with Gasteiger partial charge in [0.1, 0.15) is 0 Å². The number of hydrogen-bond acceptors (Lipinski definition) is 3. The van der Waals surface area contributed by atoms with Crippen LogP contribution in [0.25, 0.3) is 0 Å². The van der Waals surface area contributed by atoms with Gasteiger partial charge in [-0.25, -0.2) is 0 Å². The van der Waals surface area contributed by atoms with Gasteiger partial charge < -0.3 is 16.0 Å². The summed E-state index contributed by atoms with van der Waals surface area (Å²) in [4.78, 5) is 25.2. The third kappa shape index (κ3) is 3.73. The molecule has 1 atom stereocenters. The van der Waals surface area contributed by atoms with Crippen LogP contribution in [0.2, 0.25) is 0 Å². The standard InChI is InChI=1S/C15H21N3O2/c1-11(19)17-13-6-4-8-18(10-13)15(20)9-12-5-2-3-7-14(12)16/h2-3,5,7,13H,4,6,8-10,16H2,1H3,(H,17,19). The molecule has 1 fully saturated rings. The average Bonchev–Trinajstić information content (AvgIpc) is 2.41. The second-order valence-electron chi connectivity index (χ2n) is 5.26. The Balaban J connectivity index is 1.95. The van der Waals surface area contributed by atoms with Gasteiger partial charge >= 0.3 is 0 Å². The second-order valence-corrected chi connectivity index (χ2v) is 5.26. The van der Waals surface area contributed by atoms with Gasteiger partial charge in [-0.2, -0.15) is 0 Å². The Morgan fingerprint density at radius 1 is 1.40 bits per heavy atom. The van der Waals surface area contributed by atoms with Crippen molar-refractivity contribution in [2.75, 3.05) is 18.8 Å². The van der Waals surface area contributed by atoms with Gasteiger partial charge in [0.15, 0.2) is 0 Å². The van der Waals surface area contributed by atoms with E-state index >= 15 is 0 Å². The highest BCUT2D eigenvalue weighted by molar-refractivity contribution is 5.80. The Morgan fingerprint density at radius 2 is 2.15 bits per heavy atom. The highest BCUT2D eigenvalue weighted by Gasteiger charge is 2.24. The van der Waals surface area contributed by atoms with Gasteiger partial charge in [-0.05, 0) is 24.5 Å². The van der Waals surface area contributed by atoms with E-state index in [1.807, 2.05) is 23.1 Å². The molecule has 1 saturated heterocycles. The molecule has 0 aromatic heterocycles. The lowest BCUT2D eigenvalue weighted by atomic mass is 10.0. The quantitative estimate of drug-likeness (QED) is 0.806. The first-order chi connectivity index (χ1) is 9.56. The van der Waals surface area contributed by atoms with E-state index in [1.165, 1.54) is 6.92 Å². The summed E-state index contributed by atoms with van der Waals surface area (Å²) in [6.07, 6.45) is 2.16. The third-order valence-corrected chi connectivity index (χ3v) is 3.58. The maximum absolute atomic E-state index is 12.3. The van der Waals surface area contributed by atoms with E-state index in [0.717, 1.165) is 24.9 Å². The average molecular weight is 275 g/mol. The number of carbonyl (C=O) groups is 2. The van der Waals surface area contributed by atoms with Gasteiger partial charge in [0, 0.05) is 31.7 Å². The number of hydrogen-bond donors (Lipinski definition) is 2. The van der Waals surface area contributed by atoms with E-state index in [-0.39, 0.29) is 17.9 Å². The predicted octanol–water partition coefficient (Wildman–Crippen LogP) is 0.938. The maximum Gasteiger partial charge on any atom is 0.227 e. The van der Waals surface area contributed by atoms with Gasteiger partial charge in [0.2, 0.25) is 11.8 Å². The molecular weight excluding hydrogens is 254 g/mol. The summed E-state index contributed by atoms with van der Waals surface area (Å²) >= 11 is 0. The van der Waals surface area contributed by atoms with Gasteiger partial charge in [0.25, 0.3) is 0 Å². The van der Waals surface area contributed by atoms with Crippen molar-refractivity contribution in [3.05, 3.63) is 29.8 Å². The lowest BCUT2D eigenvalue weighted by Gasteiger charge is -2.33. The van der Waals surface area contributed by atoms with Crippen LogP contribution in [0.5, 0.6) is 0 Å². The minimum absolute atomic E-state index is 0.0448. The van der Waals surface area contributed by atoms with Crippen molar-refractivity contribution in [3.63, 3.8) is 0 Å². The largest absolute Gasteiger partial charge is 0.398 e. The number of benzene rings is 1. The van der Waals surface area contributed by atoms with Crippen LogP contribution in [0, 0.1) is 0 Å². The summed E-state index contributed by atoms with van der Waals surface area (Å²) < 4.78 is 0. The molecular formula is C15H21N3O2. The van der Waals surface area contributed by atoms with E-state index in [9.17, 15) is 9.59 Å². The monoisotopic (exact) mass is 275 g/mol. The Kier molecular flexibility index (Phi) is 4.61. The summed E-state index contributed by atoms with van der Waals surface area (Å²) in [5.74, 6) is 0.0227. The molecule has 1 aromatic rings. The summed E-state index contributed by atoms with van der Waals surface area (Å²) in [6, 6.07) is 7.49. The molecule has 1 heterocycles. The normalized spacial score (nSPS) is 18.6. The molecule has 2 amide bonds. The van der Waals surface area contributed by atoms with Crippen LogP contribution >= 0.6 is 0 Å². The zero-order chi connectivity index (χ0) is 14.5. The van der Waals surface area contributed by atoms with Crippen LogP contribution in [-0.2, 0) is 16.0 Å². The smallest absolute Gasteiger partial charge is 0.227 e. The number of nitrogen functional groups attached to an aromatic ring is 1. The number of amides is 2. The zero-order valence-electron chi connectivity index (χ0n) is 11.8. The number of nitrogens with one attached hydrogen (secondary N) is 1. The van der Waals surface area contributed by atoms with E-state index < -0.39 is 0 Å². The molecule has 20 heavy (non-hydrogen) atoms. The first-order valence-corrected chi connectivity index (χ1v) is 6.94. The van der Waals surface area contributed by atoms with Crippen molar-refractivity contribution >= 4 is 17.5 Å². The van der Waals surface area contributed by atoms with Gasteiger partial charge in [0.05, 0.1) is 6.42 Å². The minimum atomic E-state index is -0.0448. The van der Waals surface area contributed by atoms with E-state index in [1.54, 1.807) is 6.07 Å². The molecule has 1 aliphatic rings. The Labute approximate surface area is 119 Å². The predicted molar refractivity (Wildman–Crippen MR) is 78.0 cm³/mol. The van der Waals surface area contributed by atoms with Crippen molar-refractivity contribution in [2.24, 2.45) is 0 Å². The highest BCUT2D eigenvalue weighted by Crippen LogP contribution is 2.15. The topological polar surface area (TPSA) is 75.4 Å². The van der Waals surface area contributed by atoms with E-state index in [4.69, 9.17) is 5.73 Å². The molecule has 0 radical (unpaired) electrons. The first kappa shape index (κ1) is 14.4. The summed E-state index contributed by atoms with van der Waals surface area (Å²) in [6.45, 7) is 2.85. The van der Waals surface area contributed by atoms with E-state index in [2.05, 4.69) is 5.32 Å². The number of rotatable bonds is 3. The van der Waals surface area contributed by atoms with Crippen molar-refractivity contribution in [1.29, 1.82) is 0 Å². The van der Waals surface area contributed by atoms with Crippen molar-refractivity contribution in [2.45, 2.75) is 32.2 Å². The van der Waals surface area contributed by atoms with E-state index in [0.29, 0.717) is 18.7 Å². The molecule has 0 aliphatic carbocycles. The molecule has 1 unspecified atom stereocenters. The number of piperidine rings is 1. The van der Waals surface area contributed by atoms with Crippen LogP contribution in [-0.4, -0.2) is 35.8 Å². The number of para-hydroxylation sites is 1. The Bertz CT molecular complexity index is 502. The van der Waals surface area contributed by atoms with Gasteiger partial charge in [-0.1, -0.05) is 18.2 Å². The van der Waals surface area contributed by atoms with Crippen LogP contribution in [0.4, 0.5) is 5.69 Å². The maximum atomic E-state index is 12.3. The lowest BCUT2D eigenvalue weighted by Crippen LogP contribution is -2.49. The number of carbonyl (C=O) groups excluding carboxylic acids is 2. The molecule has 0 spiro atoms. The Morgan fingerprint density at radius 3 is 2.85 bits per heavy atom. The second kappa shape index (κ2) is 6.41. The molecule has 0 saturated carbocycles. The summed E-state index contributed by atoms with van der Waals surface area (Å²) in [5.41, 5.74) is 7.37. The number of nitrogens with zero attached hydrogens (tertiary/aromatic N) is 1. The number of nitrogens with two attached hydrogens (primary N) is 1. The fraction of sp³-hybridized carbons (Fsp3) is 0.467. The fourth-order valence-electron chi connectivity index (χ4n) is 2.58. The van der Waals surface area contributed by atoms with Crippen molar-refractivity contribution in [3.8, 4) is 0 Å². The highest BCUT2D eigenvalue weighted by atomic mass is 16.2. The molecule has 0 bridgehead atoms. The fourth-order valence-corrected chi connectivity index (χ4v) is 2.58. The van der Waals surface area contributed by atoms with Crippen LogP contribution in [0.1, 0.15) is 25.3 Å². The minimum Gasteiger partial charge on any atom is -0.398 e. The zero-order valence-corrected chi connectivity index (χ0v) is 11.8. The molecule has 108 valence electrons. The van der Waals surface area contributed by atoms with Gasteiger partial charge in [-0.3, -0.25) is 9.59 Å². The van der Waals surface area contributed by atoms with Crippen LogP contribution in [0.3, 0.4) is 0 Å². The molecule has 3 N–H and O–H groups in total. The van der Waals surface area contributed by atoms with Crippen molar-refractivity contribution < 1.29 is 9.59 Å².